The van der Waals surface area contributed by atoms with Crippen molar-refractivity contribution in [1.29, 1.82) is 0 Å². The van der Waals surface area contributed by atoms with E-state index in [4.69, 9.17) is 4.74 Å². The third-order valence-electron chi connectivity index (χ3n) is 5.69. The average Bonchev–Trinajstić information content (AvgIpc) is 2.80. The highest BCUT2D eigenvalue weighted by molar-refractivity contribution is 5.92. The molecule has 1 saturated heterocycles. The zero-order valence-electron chi connectivity index (χ0n) is 16.3. The number of nitro groups is 1. The van der Waals surface area contributed by atoms with Crippen molar-refractivity contribution in [1.82, 2.24) is 4.90 Å². The van der Waals surface area contributed by atoms with E-state index in [0.29, 0.717) is 12.1 Å². The molecule has 2 fully saturated rings. The van der Waals surface area contributed by atoms with Gasteiger partial charge in [0.05, 0.1) is 10.5 Å². The Bertz CT molecular complexity index is 804. The van der Waals surface area contributed by atoms with Gasteiger partial charge in [0.25, 0.3) is 11.6 Å². The van der Waals surface area contributed by atoms with E-state index < -0.39 is 10.9 Å². The molecule has 1 heterocycles. The van der Waals surface area contributed by atoms with E-state index >= 15 is 0 Å². The lowest BCUT2D eigenvalue weighted by Gasteiger charge is -2.39. The number of nitrogens with zero attached hydrogens (tertiary/aromatic N) is 2. The van der Waals surface area contributed by atoms with Crippen LogP contribution in [0.15, 0.2) is 18.2 Å². The minimum Gasteiger partial charge on any atom is -0.452 e. The maximum absolute atomic E-state index is 12.6. The first kappa shape index (κ1) is 19.3. The van der Waals surface area contributed by atoms with Crippen molar-refractivity contribution >= 4 is 17.6 Å². The van der Waals surface area contributed by atoms with Gasteiger partial charge < -0.3 is 9.64 Å². The fraction of sp³-hybridized carbons (Fsp3) is 0.600. The number of hydrogen-bond acceptors (Lipinski definition) is 5. The molecule has 1 aliphatic heterocycles. The van der Waals surface area contributed by atoms with E-state index in [2.05, 4.69) is 20.8 Å². The number of fused-ring (bicyclic) bond motifs is 2. The third-order valence-corrected chi connectivity index (χ3v) is 5.69. The van der Waals surface area contributed by atoms with Gasteiger partial charge >= 0.3 is 5.97 Å². The number of rotatable bonds is 4. The summed E-state index contributed by atoms with van der Waals surface area (Å²) in [6, 6.07) is 4.24. The first-order valence-corrected chi connectivity index (χ1v) is 9.21. The average molecular weight is 374 g/mol. The van der Waals surface area contributed by atoms with E-state index in [1.807, 2.05) is 4.90 Å². The number of carbonyl (C=O) groups excluding carboxylic acids is 2. The van der Waals surface area contributed by atoms with Gasteiger partial charge in [0.15, 0.2) is 6.61 Å². The molecule has 146 valence electrons. The Morgan fingerprint density at radius 3 is 2.63 bits per heavy atom. The molecule has 1 aliphatic carbocycles. The number of likely N-dealkylation sites (tertiary alicyclic amines) is 1. The van der Waals surface area contributed by atoms with Gasteiger partial charge in [0, 0.05) is 24.2 Å². The summed E-state index contributed by atoms with van der Waals surface area (Å²) >= 11 is 0. The minimum atomic E-state index is -0.643. The van der Waals surface area contributed by atoms with Crippen molar-refractivity contribution in [2.24, 2.45) is 10.8 Å². The highest BCUT2D eigenvalue weighted by atomic mass is 16.6. The quantitative estimate of drug-likeness (QED) is 0.457. The summed E-state index contributed by atoms with van der Waals surface area (Å²) in [5.41, 5.74) is 0.868. The van der Waals surface area contributed by atoms with Gasteiger partial charge in [-0.2, -0.15) is 0 Å². The van der Waals surface area contributed by atoms with Crippen molar-refractivity contribution in [3.63, 3.8) is 0 Å². The van der Waals surface area contributed by atoms with Crippen molar-refractivity contribution in [2.75, 3.05) is 13.2 Å². The molecule has 0 radical (unpaired) electrons. The van der Waals surface area contributed by atoms with Crippen LogP contribution in [-0.2, 0) is 9.53 Å². The number of hydrogen-bond donors (Lipinski definition) is 0. The van der Waals surface area contributed by atoms with Crippen LogP contribution in [0.25, 0.3) is 0 Å². The van der Waals surface area contributed by atoms with Crippen molar-refractivity contribution in [2.45, 2.75) is 53.0 Å². The first-order chi connectivity index (χ1) is 12.5. The Kier molecular flexibility index (Phi) is 4.74. The van der Waals surface area contributed by atoms with Crippen LogP contribution < -0.4 is 0 Å². The monoisotopic (exact) mass is 374 g/mol. The molecular formula is C20H26N2O5. The molecule has 27 heavy (non-hydrogen) atoms. The maximum atomic E-state index is 12.6. The fourth-order valence-corrected chi connectivity index (χ4v) is 5.03. The summed E-state index contributed by atoms with van der Waals surface area (Å²) in [5, 5.41) is 10.9. The second-order valence-electron chi connectivity index (χ2n) is 9.07. The van der Waals surface area contributed by atoms with Crippen molar-refractivity contribution in [3.8, 4) is 0 Å². The van der Waals surface area contributed by atoms with Gasteiger partial charge in [-0.05, 0) is 49.1 Å². The number of aryl methyl sites for hydroxylation is 1. The summed E-state index contributed by atoms with van der Waals surface area (Å²) in [5.74, 6) is -0.816. The topological polar surface area (TPSA) is 89.8 Å². The predicted octanol–water partition coefficient (Wildman–Crippen LogP) is 3.49. The highest BCUT2D eigenvalue weighted by Crippen LogP contribution is 2.52. The number of carbonyl (C=O) groups is 2. The molecule has 2 atom stereocenters. The Hall–Kier alpha value is -2.44. The Morgan fingerprint density at radius 2 is 2.00 bits per heavy atom. The predicted molar refractivity (Wildman–Crippen MR) is 99.4 cm³/mol. The normalized spacial score (nSPS) is 25.9. The summed E-state index contributed by atoms with van der Waals surface area (Å²) in [7, 11) is 0. The van der Waals surface area contributed by atoms with Gasteiger partial charge in [-0.25, -0.2) is 4.79 Å². The van der Waals surface area contributed by atoms with Gasteiger partial charge in [-0.3, -0.25) is 14.9 Å². The van der Waals surface area contributed by atoms with Gasteiger partial charge in [0.1, 0.15) is 0 Å². The van der Waals surface area contributed by atoms with Gasteiger partial charge in [0.2, 0.25) is 0 Å². The molecule has 1 aromatic rings. The van der Waals surface area contributed by atoms with Gasteiger partial charge in [-0.15, -0.1) is 0 Å². The fourth-order valence-electron chi connectivity index (χ4n) is 5.03. The number of benzene rings is 1. The van der Waals surface area contributed by atoms with Crippen LogP contribution in [0.2, 0.25) is 0 Å². The SMILES string of the molecule is Cc1cc(C(=O)OCC(=O)N2C[C@]3(C)C[C@H]2CC(C)(C)C3)ccc1[N+](=O)[O-]. The molecule has 0 unspecified atom stereocenters. The lowest BCUT2D eigenvalue weighted by atomic mass is 9.65. The highest BCUT2D eigenvalue weighted by Gasteiger charge is 2.50. The van der Waals surface area contributed by atoms with E-state index in [-0.39, 0.29) is 40.6 Å². The molecule has 2 bridgehead atoms. The van der Waals surface area contributed by atoms with Crippen LogP contribution in [0, 0.1) is 27.9 Å². The molecule has 1 aromatic carbocycles. The van der Waals surface area contributed by atoms with Crippen LogP contribution >= 0.6 is 0 Å². The summed E-state index contributed by atoms with van der Waals surface area (Å²) in [4.78, 5) is 37.1. The van der Waals surface area contributed by atoms with E-state index in [9.17, 15) is 19.7 Å². The molecule has 1 saturated carbocycles. The maximum Gasteiger partial charge on any atom is 0.338 e. The lowest BCUT2D eigenvalue weighted by molar-refractivity contribution is -0.385. The second-order valence-corrected chi connectivity index (χ2v) is 9.07. The van der Waals surface area contributed by atoms with Crippen LogP contribution in [0.1, 0.15) is 56.0 Å². The molecular weight excluding hydrogens is 348 g/mol. The zero-order chi connectivity index (χ0) is 20.0. The molecule has 0 aromatic heterocycles. The van der Waals surface area contributed by atoms with Crippen molar-refractivity contribution < 1.29 is 19.2 Å². The van der Waals surface area contributed by atoms with Crippen molar-refractivity contribution in [3.05, 3.63) is 39.4 Å². The Balaban J connectivity index is 1.62. The summed E-state index contributed by atoms with van der Waals surface area (Å²) < 4.78 is 5.19. The summed E-state index contributed by atoms with van der Waals surface area (Å²) in [6.45, 7) is 8.66. The number of nitro benzene ring substituents is 1. The van der Waals surface area contributed by atoms with Crippen LogP contribution in [0.4, 0.5) is 5.69 Å². The van der Waals surface area contributed by atoms with E-state index in [0.717, 1.165) is 19.3 Å². The number of ether oxygens (including phenoxy) is 1. The summed E-state index contributed by atoms with van der Waals surface area (Å²) in [6.07, 6.45) is 3.05. The van der Waals surface area contributed by atoms with Crippen LogP contribution in [-0.4, -0.2) is 40.9 Å². The first-order valence-electron chi connectivity index (χ1n) is 9.21. The number of esters is 1. The Labute approximate surface area is 158 Å². The Morgan fingerprint density at radius 1 is 1.30 bits per heavy atom. The number of amides is 1. The second kappa shape index (κ2) is 6.62. The van der Waals surface area contributed by atoms with Crippen LogP contribution in [0.3, 0.4) is 0 Å². The molecule has 1 amide bonds. The zero-order valence-corrected chi connectivity index (χ0v) is 16.3. The van der Waals surface area contributed by atoms with Crippen LogP contribution in [0.5, 0.6) is 0 Å². The van der Waals surface area contributed by atoms with E-state index in [1.165, 1.54) is 18.2 Å². The molecule has 3 rings (SSSR count). The largest absolute Gasteiger partial charge is 0.452 e. The molecule has 2 aliphatic rings. The molecule has 7 heteroatoms. The molecule has 0 N–H and O–H groups in total. The smallest absolute Gasteiger partial charge is 0.338 e. The third kappa shape index (κ3) is 3.96. The molecule has 0 spiro atoms. The minimum absolute atomic E-state index is 0.0529. The van der Waals surface area contributed by atoms with E-state index in [1.54, 1.807) is 6.92 Å². The lowest BCUT2D eigenvalue weighted by Crippen LogP contribution is -2.39. The van der Waals surface area contributed by atoms with Gasteiger partial charge in [-0.1, -0.05) is 20.8 Å². The molecule has 7 nitrogen and oxygen atoms in total. The standard InChI is InChI=1S/C20H26N2O5/c1-13-7-14(5-6-16(13)22(25)26)18(24)27-10-17(23)21-12-20(4)9-15(21)8-19(2,3)11-20/h5-7,15H,8-12H2,1-4H3/t15-,20-/m1/s1.